The van der Waals surface area contributed by atoms with Crippen LogP contribution in [-0.4, -0.2) is 24.1 Å². The zero-order valence-electron chi connectivity index (χ0n) is 16.3. The van der Waals surface area contributed by atoms with Crippen molar-refractivity contribution >= 4 is 23.5 Å². The molecule has 146 valence electrons. The molecule has 1 heterocycles. The molecule has 0 atom stereocenters. The average molecular weight is 399 g/mol. The molecule has 2 aromatic carbocycles. The van der Waals surface area contributed by atoms with Gasteiger partial charge in [-0.05, 0) is 68.7 Å². The summed E-state index contributed by atoms with van der Waals surface area (Å²) in [5, 5.41) is 3.28. The maximum Gasteiger partial charge on any atom is 0.157 e. The molecular formula is C21H23FN4OS. The fourth-order valence-electron chi connectivity index (χ4n) is 2.74. The molecule has 0 bridgehead atoms. The van der Waals surface area contributed by atoms with Gasteiger partial charge in [-0.1, -0.05) is 12.1 Å². The van der Waals surface area contributed by atoms with Crippen LogP contribution >= 0.6 is 11.9 Å². The van der Waals surface area contributed by atoms with Crippen molar-refractivity contribution in [2.24, 2.45) is 0 Å². The van der Waals surface area contributed by atoms with Crippen LogP contribution in [-0.2, 0) is 5.67 Å². The van der Waals surface area contributed by atoms with E-state index in [1.54, 1.807) is 45.5 Å². The SMILES string of the molecule is CNSc1cc(-c2nccnc2Nc2ccc(C(C)(C)F)cc2)ccc1OC. The zero-order valence-corrected chi connectivity index (χ0v) is 17.1. The fourth-order valence-corrected chi connectivity index (χ4v) is 3.40. The second-order valence-corrected chi connectivity index (χ2v) is 7.65. The van der Waals surface area contributed by atoms with E-state index in [9.17, 15) is 4.39 Å². The van der Waals surface area contributed by atoms with Crippen molar-refractivity contribution < 1.29 is 9.13 Å². The minimum atomic E-state index is -1.37. The van der Waals surface area contributed by atoms with Crippen molar-refractivity contribution in [3.63, 3.8) is 0 Å². The van der Waals surface area contributed by atoms with E-state index >= 15 is 0 Å². The Labute approximate surface area is 168 Å². The highest BCUT2D eigenvalue weighted by Crippen LogP contribution is 2.34. The third-order valence-electron chi connectivity index (χ3n) is 4.18. The molecule has 0 unspecified atom stereocenters. The highest BCUT2D eigenvalue weighted by atomic mass is 32.2. The minimum Gasteiger partial charge on any atom is -0.496 e. The first-order valence-corrected chi connectivity index (χ1v) is 9.63. The standard InChI is InChI=1S/C21H23FN4OS/c1-21(2,22)15-6-8-16(9-7-15)26-20-19(24-11-12-25-20)14-5-10-17(27-4)18(13-14)28-23-3/h5-13,23H,1-4H3,(H,25,26). The number of rotatable bonds is 7. The monoisotopic (exact) mass is 398 g/mol. The fraction of sp³-hybridized carbons (Fsp3) is 0.238. The summed E-state index contributed by atoms with van der Waals surface area (Å²) in [6.07, 6.45) is 3.29. The van der Waals surface area contributed by atoms with Crippen LogP contribution < -0.4 is 14.8 Å². The van der Waals surface area contributed by atoms with E-state index in [2.05, 4.69) is 20.0 Å². The molecule has 3 aromatic rings. The number of hydrogen-bond acceptors (Lipinski definition) is 6. The zero-order chi connectivity index (χ0) is 20.1. The Kier molecular flexibility index (Phi) is 6.16. The van der Waals surface area contributed by atoms with Crippen LogP contribution in [0.25, 0.3) is 11.3 Å². The van der Waals surface area contributed by atoms with Gasteiger partial charge >= 0.3 is 0 Å². The van der Waals surface area contributed by atoms with E-state index in [0.717, 1.165) is 27.6 Å². The molecule has 3 rings (SSSR count). The van der Waals surface area contributed by atoms with Crippen molar-refractivity contribution in [2.75, 3.05) is 19.5 Å². The van der Waals surface area contributed by atoms with Gasteiger partial charge in [0.25, 0.3) is 0 Å². The number of nitrogens with one attached hydrogen (secondary N) is 2. The Morgan fingerprint density at radius 1 is 1.04 bits per heavy atom. The molecule has 0 aliphatic rings. The number of anilines is 2. The van der Waals surface area contributed by atoms with Gasteiger partial charge in [0.05, 0.1) is 12.0 Å². The molecule has 7 heteroatoms. The molecular weight excluding hydrogens is 375 g/mol. The van der Waals surface area contributed by atoms with Crippen molar-refractivity contribution in [1.29, 1.82) is 0 Å². The Bertz CT molecular complexity index is 942. The summed E-state index contributed by atoms with van der Waals surface area (Å²) in [7, 11) is 3.50. The minimum absolute atomic E-state index is 0.625. The number of ether oxygens (including phenoxy) is 1. The number of hydrogen-bond donors (Lipinski definition) is 2. The third kappa shape index (κ3) is 4.61. The van der Waals surface area contributed by atoms with Crippen LogP contribution in [0, 0.1) is 0 Å². The molecule has 0 spiro atoms. The molecule has 0 saturated heterocycles. The second kappa shape index (κ2) is 8.58. The van der Waals surface area contributed by atoms with Gasteiger partial charge in [0.2, 0.25) is 0 Å². The summed E-state index contributed by atoms with van der Waals surface area (Å²) in [6.45, 7) is 3.08. The number of alkyl halides is 1. The quantitative estimate of drug-likeness (QED) is 0.525. The molecule has 28 heavy (non-hydrogen) atoms. The van der Waals surface area contributed by atoms with E-state index in [4.69, 9.17) is 4.74 Å². The van der Waals surface area contributed by atoms with E-state index in [1.807, 2.05) is 37.4 Å². The van der Waals surface area contributed by atoms with E-state index in [1.165, 1.54) is 11.9 Å². The Morgan fingerprint density at radius 3 is 2.39 bits per heavy atom. The van der Waals surface area contributed by atoms with Gasteiger partial charge in [-0.25, -0.2) is 9.37 Å². The molecule has 1 aromatic heterocycles. The highest BCUT2D eigenvalue weighted by molar-refractivity contribution is 7.97. The maximum absolute atomic E-state index is 14.1. The van der Waals surface area contributed by atoms with Crippen molar-refractivity contribution in [2.45, 2.75) is 24.4 Å². The van der Waals surface area contributed by atoms with Gasteiger partial charge < -0.3 is 10.1 Å². The predicted octanol–water partition coefficient (Wildman–Crippen LogP) is 5.33. The molecule has 5 nitrogen and oxygen atoms in total. The van der Waals surface area contributed by atoms with E-state index in [0.29, 0.717) is 11.4 Å². The average Bonchev–Trinajstić information content (AvgIpc) is 2.68. The lowest BCUT2D eigenvalue weighted by atomic mass is 10.0. The summed E-state index contributed by atoms with van der Waals surface area (Å²) in [5.41, 5.74) is 1.70. The summed E-state index contributed by atoms with van der Waals surface area (Å²) in [6, 6.07) is 13.1. The lowest BCUT2D eigenvalue weighted by molar-refractivity contribution is 0.221. The molecule has 0 saturated carbocycles. The van der Waals surface area contributed by atoms with Crippen molar-refractivity contribution in [1.82, 2.24) is 14.7 Å². The van der Waals surface area contributed by atoms with Crippen molar-refractivity contribution in [3.8, 4) is 17.0 Å². The topological polar surface area (TPSA) is 59.1 Å². The number of nitrogens with zero attached hydrogens (tertiary/aromatic N) is 2. The van der Waals surface area contributed by atoms with Crippen LogP contribution in [0.5, 0.6) is 5.75 Å². The lowest BCUT2D eigenvalue weighted by Gasteiger charge is -2.16. The maximum atomic E-state index is 14.1. The van der Waals surface area contributed by atoms with Crippen LogP contribution in [0.15, 0.2) is 59.8 Å². The Morgan fingerprint density at radius 2 is 1.75 bits per heavy atom. The van der Waals surface area contributed by atoms with Gasteiger partial charge in [-0.3, -0.25) is 9.71 Å². The number of methoxy groups -OCH3 is 1. The first-order chi connectivity index (χ1) is 13.4. The largest absolute Gasteiger partial charge is 0.496 e. The predicted molar refractivity (Wildman–Crippen MR) is 113 cm³/mol. The number of aromatic nitrogens is 2. The molecule has 0 aliphatic heterocycles. The van der Waals surface area contributed by atoms with Gasteiger partial charge in [0.15, 0.2) is 5.82 Å². The van der Waals surface area contributed by atoms with Crippen LogP contribution in [0.2, 0.25) is 0 Å². The summed E-state index contributed by atoms with van der Waals surface area (Å²) in [5.74, 6) is 1.41. The van der Waals surface area contributed by atoms with Crippen LogP contribution in [0.1, 0.15) is 19.4 Å². The smallest absolute Gasteiger partial charge is 0.157 e. The molecule has 0 aliphatic carbocycles. The Balaban J connectivity index is 1.93. The first-order valence-electron chi connectivity index (χ1n) is 8.82. The number of benzene rings is 2. The Hall–Kier alpha value is -2.64. The van der Waals surface area contributed by atoms with Gasteiger partial charge in [-0.2, -0.15) is 0 Å². The third-order valence-corrected chi connectivity index (χ3v) is 4.92. The summed E-state index contributed by atoms with van der Waals surface area (Å²) >= 11 is 1.47. The van der Waals surface area contributed by atoms with Gasteiger partial charge in [-0.15, -0.1) is 0 Å². The van der Waals surface area contributed by atoms with Crippen LogP contribution in [0.3, 0.4) is 0 Å². The summed E-state index contributed by atoms with van der Waals surface area (Å²) < 4.78 is 22.5. The highest BCUT2D eigenvalue weighted by Gasteiger charge is 2.18. The van der Waals surface area contributed by atoms with Crippen molar-refractivity contribution in [3.05, 3.63) is 60.4 Å². The summed E-state index contributed by atoms with van der Waals surface area (Å²) in [4.78, 5) is 9.89. The van der Waals surface area contributed by atoms with Gasteiger partial charge in [0, 0.05) is 23.6 Å². The molecule has 2 N–H and O–H groups in total. The second-order valence-electron chi connectivity index (χ2n) is 6.60. The van der Waals surface area contributed by atoms with E-state index in [-0.39, 0.29) is 0 Å². The molecule has 0 amide bonds. The number of halogens is 1. The van der Waals surface area contributed by atoms with E-state index < -0.39 is 5.67 Å². The molecule has 0 fully saturated rings. The van der Waals surface area contributed by atoms with Gasteiger partial charge in [0.1, 0.15) is 17.1 Å². The normalized spacial score (nSPS) is 11.3. The van der Waals surface area contributed by atoms with Crippen LogP contribution in [0.4, 0.5) is 15.9 Å². The lowest BCUT2D eigenvalue weighted by Crippen LogP contribution is -2.08. The first kappa shape index (κ1) is 20.1. The molecule has 0 radical (unpaired) electrons.